The van der Waals surface area contributed by atoms with Crippen molar-refractivity contribution in [2.75, 3.05) is 25.5 Å². The van der Waals surface area contributed by atoms with E-state index in [1.54, 1.807) is 18.2 Å². The predicted molar refractivity (Wildman–Crippen MR) is 130 cm³/mol. The third-order valence-electron chi connectivity index (χ3n) is 6.40. The van der Waals surface area contributed by atoms with E-state index in [0.717, 1.165) is 31.5 Å². The van der Waals surface area contributed by atoms with Crippen LogP contribution in [-0.2, 0) is 10.0 Å². The Hall–Kier alpha value is -2.22. The summed E-state index contributed by atoms with van der Waals surface area (Å²) in [7, 11) is -1.54. The lowest BCUT2D eigenvalue weighted by Gasteiger charge is -2.32. The number of hydrogen-bond acceptors (Lipinski definition) is 4. The molecule has 2 N–H and O–H groups in total. The zero-order chi connectivity index (χ0) is 23.5. The van der Waals surface area contributed by atoms with Gasteiger partial charge in [-0.15, -0.1) is 0 Å². The minimum Gasteiger partial charge on any atom is -0.322 e. The van der Waals surface area contributed by atoms with Crippen LogP contribution in [0.25, 0.3) is 0 Å². The van der Waals surface area contributed by atoms with E-state index in [2.05, 4.69) is 35.8 Å². The van der Waals surface area contributed by atoms with E-state index in [-0.39, 0.29) is 22.8 Å². The molecule has 3 rings (SSSR count). The van der Waals surface area contributed by atoms with E-state index >= 15 is 0 Å². The number of aryl methyl sites for hydroxylation is 1. The summed E-state index contributed by atoms with van der Waals surface area (Å²) in [6.07, 6.45) is 1.98. The predicted octanol–water partition coefficient (Wildman–Crippen LogP) is 4.38. The second-order valence-electron chi connectivity index (χ2n) is 9.22. The second-order valence-corrected chi connectivity index (χ2v) is 10.9. The van der Waals surface area contributed by atoms with E-state index in [4.69, 9.17) is 0 Å². The van der Waals surface area contributed by atoms with Gasteiger partial charge in [0.2, 0.25) is 10.0 Å². The van der Waals surface area contributed by atoms with Gasteiger partial charge < -0.3 is 10.2 Å². The van der Waals surface area contributed by atoms with Gasteiger partial charge in [0.1, 0.15) is 0 Å². The highest BCUT2D eigenvalue weighted by molar-refractivity contribution is 7.89. The van der Waals surface area contributed by atoms with Crippen LogP contribution in [0.15, 0.2) is 47.4 Å². The summed E-state index contributed by atoms with van der Waals surface area (Å²) >= 11 is 0. The Morgan fingerprint density at radius 1 is 1.06 bits per heavy atom. The summed E-state index contributed by atoms with van der Waals surface area (Å²) in [5.74, 6) is 0.367. The number of rotatable bonds is 7. The number of piperidine rings is 1. The smallest absolute Gasteiger partial charge is 0.255 e. The van der Waals surface area contributed by atoms with Gasteiger partial charge >= 0.3 is 0 Å². The van der Waals surface area contributed by atoms with Gasteiger partial charge in [-0.25, -0.2) is 13.1 Å². The van der Waals surface area contributed by atoms with Crippen LogP contribution < -0.4 is 10.0 Å². The molecular formula is C25H35N3O3S. The second kappa shape index (κ2) is 10.1. The third kappa shape index (κ3) is 5.77. The quantitative estimate of drug-likeness (QED) is 0.647. The molecule has 1 aliphatic rings. The average Bonchev–Trinajstić information content (AvgIpc) is 2.75. The van der Waals surface area contributed by atoms with Crippen LogP contribution in [0.3, 0.4) is 0 Å². The molecule has 2 aromatic carbocycles. The fourth-order valence-corrected chi connectivity index (χ4v) is 5.68. The molecule has 7 heteroatoms. The van der Waals surface area contributed by atoms with Crippen LogP contribution in [0.5, 0.6) is 0 Å². The van der Waals surface area contributed by atoms with Crippen LogP contribution in [-0.4, -0.2) is 45.4 Å². The summed E-state index contributed by atoms with van der Waals surface area (Å²) < 4.78 is 28.8. The standard InChI is InChI=1S/C25H35N3O3S/c1-17(2)22-8-6-7-9-23(22)25(29)26-24-11-10-21(16-18(24)3)32(30,31)27-19(4)20-12-14-28(5)15-13-20/h6-11,16-17,19-20,27H,12-15H2,1-5H3,(H,26,29)/t19-/m1/s1. The van der Waals surface area contributed by atoms with Crippen molar-refractivity contribution >= 4 is 21.6 Å². The molecule has 0 unspecified atom stereocenters. The first kappa shape index (κ1) is 24.4. The number of carbonyl (C=O) groups excluding carboxylic acids is 1. The van der Waals surface area contributed by atoms with E-state index in [9.17, 15) is 13.2 Å². The van der Waals surface area contributed by atoms with Gasteiger partial charge in [0.15, 0.2) is 0 Å². The number of nitrogens with zero attached hydrogens (tertiary/aromatic N) is 1. The first-order chi connectivity index (χ1) is 15.1. The molecule has 2 aromatic rings. The molecule has 1 heterocycles. The molecule has 1 saturated heterocycles. The molecule has 1 atom stereocenters. The molecule has 0 bridgehead atoms. The van der Waals surface area contributed by atoms with Gasteiger partial charge in [0.05, 0.1) is 4.90 Å². The molecule has 0 aliphatic carbocycles. The fourth-order valence-electron chi connectivity index (χ4n) is 4.28. The molecule has 0 aromatic heterocycles. The van der Waals surface area contributed by atoms with Crippen molar-refractivity contribution in [3.05, 3.63) is 59.2 Å². The van der Waals surface area contributed by atoms with Gasteiger partial charge in [-0.1, -0.05) is 32.0 Å². The Morgan fingerprint density at radius 3 is 2.34 bits per heavy atom. The van der Waals surface area contributed by atoms with Crippen LogP contribution in [0.4, 0.5) is 5.69 Å². The molecule has 0 radical (unpaired) electrons. The summed E-state index contributed by atoms with van der Waals surface area (Å²) in [5, 5.41) is 2.94. The number of carbonyl (C=O) groups is 1. The molecule has 1 amide bonds. The van der Waals surface area contributed by atoms with Crippen LogP contribution in [0.2, 0.25) is 0 Å². The molecule has 1 aliphatic heterocycles. The Morgan fingerprint density at radius 2 is 1.72 bits per heavy atom. The van der Waals surface area contributed by atoms with E-state index in [1.807, 2.05) is 38.1 Å². The van der Waals surface area contributed by atoms with Crippen molar-refractivity contribution in [1.82, 2.24) is 9.62 Å². The van der Waals surface area contributed by atoms with Gasteiger partial charge in [-0.05, 0) is 94.1 Å². The first-order valence-corrected chi connectivity index (χ1v) is 12.8. The van der Waals surface area contributed by atoms with E-state index in [0.29, 0.717) is 22.7 Å². The first-order valence-electron chi connectivity index (χ1n) is 11.3. The normalized spacial score (nSPS) is 16.8. The van der Waals surface area contributed by atoms with Gasteiger partial charge in [0, 0.05) is 17.3 Å². The minimum absolute atomic E-state index is 0.124. The molecular weight excluding hydrogens is 422 g/mol. The summed E-state index contributed by atoms with van der Waals surface area (Å²) in [6.45, 7) is 9.84. The summed E-state index contributed by atoms with van der Waals surface area (Å²) in [5.41, 5.74) is 2.92. The Bertz CT molecular complexity index is 1060. The Labute approximate surface area is 192 Å². The molecule has 6 nitrogen and oxygen atoms in total. The molecule has 0 saturated carbocycles. The lowest BCUT2D eigenvalue weighted by molar-refractivity contribution is 0.102. The van der Waals surface area contributed by atoms with Crippen molar-refractivity contribution in [1.29, 1.82) is 0 Å². The number of benzene rings is 2. The zero-order valence-electron chi connectivity index (χ0n) is 19.7. The Kier molecular flexibility index (Phi) is 7.75. The maximum absolute atomic E-state index is 13.0. The lowest BCUT2D eigenvalue weighted by atomic mass is 9.91. The van der Waals surface area contributed by atoms with Crippen LogP contribution in [0.1, 0.15) is 61.0 Å². The highest BCUT2D eigenvalue weighted by Crippen LogP contribution is 2.25. The SMILES string of the molecule is Cc1cc(S(=O)(=O)N[C@H](C)C2CCN(C)CC2)ccc1NC(=O)c1ccccc1C(C)C. The van der Waals surface area contributed by atoms with E-state index < -0.39 is 10.0 Å². The van der Waals surface area contributed by atoms with Crippen molar-refractivity contribution in [3.8, 4) is 0 Å². The maximum atomic E-state index is 13.0. The largest absolute Gasteiger partial charge is 0.322 e. The highest BCUT2D eigenvalue weighted by atomic mass is 32.2. The minimum atomic E-state index is -3.64. The van der Waals surface area contributed by atoms with Crippen LogP contribution >= 0.6 is 0 Å². The maximum Gasteiger partial charge on any atom is 0.255 e. The van der Waals surface area contributed by atoms with Crippen molar-refractivity contribution in [3.63, 3.8) is 0 Å². The van der Waals surface area contributed by atoms with Gasteiger partial charge in [-0.3, -0.25) is 4.79 Å². The number of sulfonamides is 1. The summed E-state index contributed by atoms with van der Waals surface area (Å²) in [4.78, 5) is 15.4. The number of amides is 1. The Balaban J connectivity index is 1.72. The van der Waals surface area contributed by atoms with Gasteiger partial charge in [-0.2, -0.15) is 0 Å². The van der Waals surface area contributed by atoms with Gasteiger partial charge in [0.25, 0.3) is 5.91 Å². The molecule has 0 spiro atoms. The van der Waals surface area contributed by atoms with E-state index in [1.165, 1.54) is 0 Å². The van der Waals surface area contributed by atoms with Crippen molar-refractivity contribution in [2.45, 2.75) is 57.4 Å². The number of nitrogens with one attached hydrogen (secondary N) is 2. The van der Waals surface area contributed by atoms with Crippen molar-refractivity contribution < 1.29 is 13.2 Å². The molecule has 174 valence electrons. The third-order valence-corrected chi connectivity index (χ3v) is 7.95. The number of likely N-dealkylation sites (tertiary alicyclic amines) is 1. The monoisotopic (exact) mass is 457 g/mol. The zero-order valence-corrected chi connectivity index (χ0v) is 20.5. The highest BCUT2D eigenvalue weighted by Gasteiger charge is 2.27. The number of anilines is 1. The summed E-state index contributed by atoms with van der Waals surface area (Å²) in [6, 6.07) is 12.3. The molecule has 32 heavy (non-hydrogen) atoms. The molecule has 1 fully saturated rings. The topological polar surface area (TPSA) is 78.5 Å². The fraction of sp³-hybridized carbons (Fsp3) is 0.480. The average molecular weight is 458 g/mol. The lowest BCUT2D eigenvalue weighted by Crippen LogP contribution is -2.42. The van der Waals surface area contributed by atoms with Crippen molar-refractivity contribution in [2.24, 2.45) is 5.92 Å². The van der Waals surface area contributed by atoms with Crippen LogP contribution in [0, 0.1) is 12.8 Å². The number of hydrogen-bond donors (Lipinski definition) is 2.